The molecule has 0 heterocycles. The van der Waals surface area contributed by atoms with Crippen molar-refractivity contribution in [3.8, 4) is 0 Å². The van der Waals surface area contributed by atoms with Crippen LogP contribution in [-0.2, 0) is 14.8 Å². The molecule has 4 nitrogen and oxygen atoms in total. The van der Waals surface area contributed by atoms with Gasteiger partial charge in [-0.25, -0.2) is 13.6 Å². The molecular formula is C8H17NO3S. The van der Waals surface area contributed by atoms with Gasteiger partial charge in [0, 0.05) is 7.11 Å². The van der Waals surface area contributed by atoms with Gasteiger partial charge in [-0.15, -0.1) is 0 Å². The van der Waals surface area contributed by atoms with Crippen LogP contribution in [0.2, 0.25) is 0 Å². The molecule has 1 aliphatic carbocycles. The zero-order valence-corrected chi connectivity index (χ0v) is 8.88. The Labute approximate surface area is 79.5 Å². The Bertz CT molecular complexity index is 259. The predicted molar refractivity (Wildman–Crippen MR) is 50.7 cm³/mol. The number of methoxy groups -OCH3 is 1. The van der Waals surface area contributed by atoms with Gasteiger partial charge in [0.1, 0.15) is 0 Å². The number of nitrogens with two attached hydrogens (primary N) is 1. The van der Waals surface area contributed by atoms with Crippen molar-refractivity contribution in [3.63, 3.8) is 0 Å². The van der Waals surface area contributed by atoms with E-state index in [-0.39, 0.29) is 6.10 Å². The zero-order chi connectivity index (χ0) is 10.1. The molecule has 1 aliphatic rings. The molecule has 0 unspecified atom stereocenters. The summed E-state index contributed by atoms with van der Waals surface area (Å²) in [4.78, 5) is 0. The van der Waals surface area contributed by atoms with E-state index in [9.17, 15) is 8.42 Å². The standard InChI is InChI=1S/C8H17NO3S/c1-6(13(9,10)11)8(12-2)7-4-3-5-7/h6-8H,3-5H2,1-2H3,(H2,9,10,11)/t6-,8+/m0/s1. The molecule has 0 aliphatic heterocycles. The molecule has 78 valence electrons. The second kappa shape index (κ2) is 3.94. The SMILES string of the molecule is CO[C@@H](C1CCC1)[C@H](C)S(N)(=O)=O. The van der Waals surface area contributed by atoms with E-state index in [0.717, 1.165) is 12.8 Å². The Morgan fingerprint density at radius 3 is 2.23 bits per heavy atom. The lowest BCUT2D eigenvalue weighted by Gasteiger charge is -2.35. The summed E-state index contributed by atoms with van der Waals surface area (Å²) in [6, 6.07) is 0. The van der Waals surface area contributed by atoms with Crippen molar-refractivity contribution < 1.29 is 13.2 Å². The first-order valence-electron chi connectivity index (χ1n) is 4.51. The van der Waals surface area contributed by atoms with Crippen LogP contribution in [0.3, 0.4) is 0 Å². The summed E-state index contributed by atoms with van der Waals surface area (Å²) in [7, 11) is -1.91. The van der Waals surface area contributed by atoms with Gasteiger partial charge in [-0.2, -0.15) is 0 Å². The molecular weight excluding hydrogens is 190 g/mol. The molecule has 0 amide bonds. The molecule has 0 aromatic rings. The fourth-order valence-corrected chi connectivity index (χ4v) is 2.43. The molecule has 1 rings (SSSR count). The average Bonchev–Trinajstić information content (AvgIpc) is 1.93. The van der Waals surface area contributed by atoms with Crippen molar-refractivity contribution in [2.24, 2.45) is 11.1 Å². The summed E-state index contributed by atoms with van der Waals surface area (Å²) in [6.07, 6.45) is 3.04. The van der Waals surface area contributed by atoms with E-state index in [4.69, 9.17) is 9.88 Å². The van der Waals surface area contributed by atoms with Crippen LogP contribution in [0, 0.1) is 5.92 Å². The van der Waals surface area contributed by atoms with Gasteiger partial charge in [0.15, 0.2) is 0 Å². The second-order valence-corrected chi connectivity index (χ2v) is 5.61. The number of hydrogen-bond donors (Lipinski definition) is 1. The molecule has 1 fully saturated rings. The van der Waals surface area contributed by atoms with E-state index in [1.807, 2.05) is 0 Å². The molecule has 0 bridgehead atoms. The quantitative estimate of drug-likeness (QED) is 0.729. The summed E-state index contributed by atoms with van der Waals surface area (Å²) >= 11 is 0. The van der Waals surface area contributed by atoms with E-state index in [0.29, 0.717) is 5.92 Å². The zero-order valence-electron chi connectivity index (χ0n) is 8.06. The van der Waals surface area contributed by atoms with Crippen LogP contribution in [0.1, 0.15) is 26.2 Å². The van der Waals surface area contributed by atoms with Crippen molar-refractivity contribution in [1.82, 2.24) is 0 Å². The number of sulfonamides is 1. The lowest BCUT2D eigenvalue weighted by molar-refractivity contribution is 0.0193. The normalized spacial score (nSPS) is 23.6. The van der Waals surface area contributed by atoms with Crippen LogP contribution in [0.4, 0.5) is 0 Å². The summed E-state index contributed by atoms with van der Waals surface area (Å²) in [5, 5.41) is 4.47. The second-order valence-electron chi connectivity index (χ2n) is 3.69. The van der Waals surface area contributed by atoms with Gasteiger partial charge >= 0.3 is 0 Å². The van der Waals surface area contributed by atoms with Crippen LogP contribution in [-0.4, -0.2) is 26.9 Å². The largest absolute Gasteiger partial charge is 0.380 e. The number of ether oxygens (including phenoxy) is 1. The molecule has 0 aromatic heterocycles. The maximum Gasteiger partial charge on any atom is 0.214 e. The Balaban J connectivity index is 2.65. The monoisotopic (exact) mass is 207 g/mol. The first-order chi connectivity index (χ1) is 5.96. The highest BCUT2D eigenvalue weighted by Gasteiger charge is 2.36. The maximum atomic E-state index is 11.1. The molecule has 0 spiro atoms. The first kappa shape index (κ1) is 10.9. The molecule has 2 N–H and O–H groups in total. The topological polar surface area (TPSA) is 69.4 Å². The molecule has 5 heteroatoms. The number of hydrogen-bond acceptors (Lipinski definition) is 3. The van der Waals surface area contributed by atoms with Gasteiger partial charge in [-0.3, -0.25) is 0 Å². The molecule has 13 heavy (non-hydrogen) atoms. The minimum Gasteiger partial charge on any atom is -0.380 e. The van der Waals surface area contributed by atoms with Gasteiger partial charge in [0.25, 0.3) is 0 Å². The highest BCUT2D eigenvalue weighted by molar-refractivity contribution is 7.89. The van der Waals surface area contributed by atoms with Crippen LogP contribution in [0.15, 0.2) is 0 Å². The Hall–Kier alpha value is -0.130. The maximum absolute atomic E-state index is 11.1. The van der Waals surface area contributed by atoms with Gasteiger partial charge in [0.2, 0.25) is 10.0 Å². The number of rotatable bonds is 4. The van der Waals surface area contributed by atoms with Crippen molar-refractivity contribution in [1.29, 1.82) is 0 Å². The Morgan fingerprint density at radius 2 is 2.00 bits per heavy atom. The third kappa shape index (κ3) is 2.42. The molecule has 1 saturated carbocycles. The molecule has 0 saturated heterocycles. The lowest BCUT2D eigenvalue weighted by atomic mass is 9.80. The van der Waals surface area contributed by atoms with Crippen LogP contribution in [0.5, 0.6) is 0 Å². The average molecular weight is 207 g/mol. The summed E-state index contributed by atoms with van der Waals surface area (Å²) < 4.78 is 27.3. The van der Waals surface area contributed by atoms with E-state index >= 15 is 0 Å². The summed E-state index contributed by atoms with van der Waals surface area (Å²) in [6.45, 7) is 1.61. The van der Waals surface area contributed by atoms with E-state index < -0.39 is 15.3 Å². The third-order valence-corrected chi connectivity index (χ3v) is 4.17. The number of primary sulfonamides is 1. The van der Waals surface area contributed by atoms with E-state index in [1.54, 1.807) is 14.0 Å². The Morgan fingerprint density at radius 1 is 1.46 bits per heavy atom. The first-order valence-corrected chi connectivity index (χ1v) is 6.12. The van der Waals surface area contributed by atoms with Gasteiger partial charge in [-0.1, -0.05) is 6.42 Å². The van der Waals surface area contributed by atoms with Crippen molar-refractivity contribution >= 4 is 10.0 Å². The Kier molecular flexibility index (Phi) is 3.32. The highest BCUT2D eigenvalue weighted by Crippen LogP contribution is 2.33. The van der Waals surface area contributed by atoms with Gasteiger partial charge in [-0.05, 0) is 25.7 Å². The smallest absolute Gasteiger partial charge is 0.214 e. The van der Waals surface area contributed by atoms with Gasteiger partial charge < -0.3 is 4.74 Å². The fourth-order valence-electron chi connectivity index (χ4n) is 1.72. The van der Waals surface area contributed by atoms with Crippen molar-refractivity contribution in [3.05, 3.63) is 0 Å². The van der Waals surface area contributed by atoms with E-state index in [1.165, 1.54) is 6.42 Å². The predicted octanol–water partition coefficient (Wildman–Crippen LogP) is 0.479. The van der Waals surface area contributed by atoms with E-state index in [2.05, 4.69) is 0 Å². The summed E-state index contributed by atoms with van der Waals surface area (Å²) in [5.74, 6) is 0.373. The minimum absolute atomic E-state index is 0.233. The van der Waals surface area contributed by atoms with Crippen LogP contribution in [0.25, 0.3) is 0 Å². The fraction of sp³-hybridized carbons (Fsp3) is 1.00. The van der Waals surface area contributed by atoms with Crippen molar-refractivity contribution in [2.75, 3.05) is 7.11 Å². The third-order valence-electron chi connectivity index (χ3n) is 2.87. The molecule has 2 atom stereocenters. The molecule has 0 aromatic carbocycles. The lowest BCUT2D eigenvalue weighted by Crippen LogP contribution is -2.43. The summed E-state index contributed by atoms with van der Waals surface area (Å²) in [5.41, 5.74) is 0. The van der Waals surface area contributed by atoms with Gasteiger partial charge in [0.05, 0.1) is 11.4 Å². The highest BCUT2D eigenvalue weighted by atomic mass is 32.2. The van der Waals surface area contributed by atoms with Crippen LogP contribution < -0.4 is 5.14 Å². The van der Waals surface area contributed by atoms with Crippen molar-refractivity contribution in [2.45, 2.75) is 37.5 Å². The minimum atomic E-state index is -3.46. The molecule has 0 radical (unpaired) electrons. The van der Waals surface area contributed by atoms with Crippen LogP contribution >= 0.6 is 0 Å².